The first-order valence-electron chi connectivity index (χ1n) is 6.55. The molecule has 1 atom stereocenters. The van der Waals surface area contributed by atoms with E-state index >= 15 is 0 Å². The van der Waals surface area contributed by atoms with Gasteiger partial charge in [0.05, 0.1) is 13.0 Å². The number of carboxylic acid groups (broad SMARTS) is 1. The van der Waals surface area contributed by atoms with Crippen LogP contribution in [0.25, 0.3) is 0 Å². The number of hydrogen-bond acceptors (Lipinski definition) is 3. The van der Waals surface area contributed by atoms with Crippen molar-refractivity contribution in [3.05, 3.63) is 35.9 Å². The van der Waals surface area contributed by atoms with E-state index in [2.05, 4.69) is 0 Å². The molecule has 0 bridgehead atoms. The number of carboxylic acids is 1. The van der Waals surface area contributed by atoms with Crippen LogP contribution >= 0.6 is 0 Å². The lowest BCUT2D eigenvalue weighted by molar-refractivity contribution is -0.163. The summed E-state index contributed by atoms with van der Waals surface area (Å²) in [5, 5.41) is 9.01. The predicted octanol–water partition coefficient (Wildman–Crippen LogP) is 2.56. The Labute approximate surface area is 112 Å². The number of carbonyl (C=O) groups is 2. The average molecular weight is 262 g/mol. The van der Waals surface area contributed by atoms with Crippen molar-refractivity contribution in [2.24, 2.45) is 0 Å². The number of carbonyl (C=O) groups excluding carboxylic acids is 1. The van der Waals surface area contributed by atoms with Crippen LogP contribution in [0.4, 0.5) is 0 Å². The van der Waals surface area contributed by atoms with Crippen molar-refractivity contribution in [1.82, 2.24) is 0 Å². The van der Waals surface area contributed by atoms with E-state index in [1.807, 2.05) is 30.3 Å². The minimum Gasteiger partial charge on any atom is -0.481 e. The van der Waals surface area contributed by atoms with E-state index in [1.165, 1.54) is 0 Å². The number of benzene rings is 1. The molecule has 0 amide bonds. The summed E-state index contributed by atoms with van der Waals surface area (Å²) >= 11 is 0. The Hall–Kier alpha value is -1.68. The van der Waals surface area contributed by atoms with Crippen LogP contribution in [0, 0.1) is 0 Å². The molecule has 0 aliphatic heterocycles. The van der Waals surface area contributed by atoms with E-state index in [-0.39, 0.29) is 18.8 Å². The van der Waals surface area contributed by atoms with Crippen LogP contribution in [0.1, 0.15) is 37.7 Å². The van der Waals surface area contributed by atoms with E-state index in [4.69, 9.17) is 9.84 Å². The van der Waals surface area contributed by atoms with Crippen LogP contribution in [0.3, 0.4) is 0 Å². The number of ketones is 1. The van der Waals surface area contributed by atoms with E-state index < -0.39 is 11.6 Å². The minimum absolute atomic E-state index is 0.0721. The Morgan fingerprint density at radius 1 is 1.26 bits per heavy atom. The van der Waals surface area contributed by atoms with Crippen LogP contribution in [-0.2, 0) is 20.9 Å². The third kappa shape index (κ3) is 3.41. The first kappa shape index (κ1) is 13.7. The second-order valence-electron chi connectivity index (χ2n) is 4.97. The zero-order valence-corrected chi connectivity index (χ0v) is 10.8. The zero-order valence-electron chi connectivity index (χ0n) is 10.8. The highest BCUT2D eigenvalue weighted by atomic mass is 16.5. The molecule has 0 unspecified atom stereocenters. The van der Waals surface area contributed by atoms with Gasteiger partial charge in [0.2, 0.25) is 0 Å². The maximum atomic E-state index is 12.1. The number of Topliss-reactive ketones (excluding diaryl/α,β-unsaturated/α-hetero) is 1. The lowest BCUT2D eigenvalue weighted by atomic mass is 9.81. The number of ether oxygens (including phenoxy) is 1. The van der Waals surface area contributed by atoms with Gasteiger partial charge >= 0.3 is 5.97 Å². The highest BCUT2D eigenvalue weighted by molar-refractivity contribution is 5.91. The Morgan fingerprint density at radius 2 is 2.00 bits per heavy atom. The normalized spacial score (nSPS) is 23.3. The summed E-state index contributed by atoms with van der Waals surface area (Å²) in [7, 11) is 0. The fourth-order valence-corrected chi connectivity index (χ4v) is 2.49. The second-order valence-corrected chi connectivity index (χ2v) is 4.97. The Kier molecular flexibility index (Phi) is 4.32. The lowest BCUT2D eigenvalue weighted by Gasteiger charge is -2.34. The molecule has 0 aromatic heterocycles. The summed E-state index contributed by atoms with van der Waals surface area (Å²) in [6.45, 7) is 0.278. The van der Waals surface area contributed by atoms with Gasteiger partial charge in [-0.3, -0.25) is 9.59 Å². The van der Waals surface area contributed by atoms with Gasteiger partial charge in [0.15, 0.2) is 5.78 Å². The Morgan fingerprint density at radius 3 is 2.63 bits per heavy atom. The molecule has 1 fully saturated rings. The fourth-order valence-electron chi connectivity index (χ4n) is 2.49. The first-order chi connectivity index (χ1) is 9.12. The molecule has 1 aliphatic carbocycles. The van der Waals surface area contributed by atoms with Crippen molar-refractivity contribution in [2.45, 2.75) is 44.3 Å². The molecule has 0 spiro atoms. The molecule has 4 nitrogen and oxygen atoms in total. The summed E-state index contributed by atoms with van der Waals surface area (Å²) in [4.78, 5) is 23.1. The van der Waals surface area contributed by atoms with E-state index in [0.29, 0.717) is 12.8 Å². The minimum atomic E-state index is -1.13. The summed E-state index contributed by atoms with van der Waals surface area (Å²) in [6, 6.07) is 9.50. The van der Waals surface area contributed by atoms with Gasteiger partial charge in [-0.1, -0.05) is 30.3 Å². The van der Waals surface area contributed by atoms with Crippen LogP contribution in [0.2, 0.25) is 0 Å². The van der Waals surface area contributed by atoms with Gasteiger partial charge in [0, 0.05) is 6.42 Å². The molecule has 1 aromatic rings. The number of aliphatic carboxylic acids is 1. The van der Waals surface area contributed by atoms with Crippen LogP contribution in [-0.4, -0.2) is 22.5 Å². The van der Waals surface area contributed by atoms with Crippen LogP contribution in [0.15, 0.2) is 30.3 Å². The van der Waals surface area contributed by atoms with Gasteiger partial charge in [-0.25, -0.2) is 0 Å². The first-order valence-corrected chi connectivity index (χ1v) is 6.55. The fraction of sp³-hybridized carbons (Fsp3) is 0.467. The summed E-state index contributed by atoms with van der Waals surface area (Å²) in [5.41, 5.74) is -0.175. The van der Waals surface area contributed by atoms with Gasteiger partial charge in [0.1, 0.15) is 5.60 Å². The predicted molar refractivity (Wildman–Crippen MR) is 69.7 cm³/mol. The molecule has 102 valence electrons. The zero-order chi connectivity index (χ0) is 13.7. The number of hydrogen-bond donors (Lipinski definition) is 1. The number of rotatable bonds is 5. The SMILES string of the molecule is O=C(O)C[C@]1(OCc2ccccc2)CCCCC1=O. The molecule has 2 rings (SSSR count). The highest BCUT2D eigenvalue weighted by Gasteiger charge is 2.42. The third-order valence-corrected chi connectivity index (χ3v) is 3.54. The van der Waals surface area contributed by atoms with Crippen molar-refractivity contribution in [2.75, 3.05) is 0 Å². The molecule has 0 saturated heterocycles. The molecular weight excluding hydrogens is 244 g/mol. The molecule has 1 aromatic carbocycles. The molecule has 1 saturated carbocycles. The largest absolute Gasteiger partial charge is 0.481 e. The van der Waals surface area contributed by atoms with Gasteiger partial charge in [-0.05, 0) is 24.8 Å². The van der Waals surface area contributed by atoms with Gasteiger partial charge < -0.3 is 9.84 Å². The second kappa shape index (κ2) is 5.97. The molecular formula is C15H18O4. The van der Waals surface area contributed by atoms with E-state index in [1.54, 1.807) is 0 Å². The smallest absolute Gasteiger partial charge is 0.306 e. The average Bonchev–Trinajstić information content (AvgIpc) is 2.40. The quantitative estimate of drug-likeness (QED) is 0.885. The van der Waals surface area contributed by atoms with Crippen LogP contribution in [0.5, 0.6) is 0 Å². The monoisotopic (exact) mass is 262 g/mol. The molecule has 19 heavy (non-hydrogen) atoms. The van der Waals surface area contributed by atoms with E-state index in [9.17, 15) is 9.59 Å². The maximum absolute atomic E-state index is 12.1. The van der Waals surface area contributed by atoms with Gasteiger partial charge in [-0.15, -0.1) is 0 Å². The van der Waals surface area contributed by atoms with Crippen LogP contribution < -0.4 is 0 Å². The lowest BCUT2D eigenvalue weighted by Crippen LogP contribution is -2.45. The molecule has 0 heterocycles. The van der Waals surface area contributed by atoms with Crippen molar-refractivity contribution in [3.8, 4) is 0 Å². The summed E-state index contributed by atoms with van der Waals surface area (Å²) in [6.07, 6.45) is 2.36. The van der Waals surface area contributed by atoms with Crippen molar-refractivity contribution in [1.29, 1.82) is 0 Å². The van der Waals surface area contributed by atoms with Gasteiger partial charge in [-0.2, -0.15) is 0 Å². The molecule has 1 aliphatic rings. The molecule has 1 N–H and O–H groups in total. The van der Waals surface area contributed by atoms with Crippen molar-refractivity contribution >= 4 is 11.8 Å². The van der Waals surface area contributed by atoms with Crippen molar-refractivity contribution in [3.63, 3.8) is 0 Å². The summed E-state index contributed by atoms with van der Waals surface area (Å²) < 4.78 is 5.75. The topological polar surface area (TPSA) is 63.6 Å². The third-order valence-electron chi connectivity index (χ3n) is 3.54. The highest BCUT2D eigenvalue weighted by Crippen LogP contribution is 2.32. The molecule has 0 radical (unpaired) electrons. The standard InChI is InChI=1S/C15H18O4/c16-13-8-4-5-9-15(13,10-14(17)18)19-11-12-6-2-1-3-7-12/h1-3,6-7H,4-5,8-11H2,(H,17,18)/t15-/m1/s1. The summed E-state index contributed by atoms with van der Waals surface area (Å²) in [5.74, 6) is -1.06. The Balaban J connectivity index is 2.09. The van der Waals surface area contributed by atoms with Gasteiger partial charge in [0.25, 0.3) is 0 Å². The Bertz CT molecular complexity index is 454. The van der Waals surface area contributed by atoms with Crippen molar-refractivity contribution < 1.29 is 19.4 Å². The maximum Gasteiger partial charge on any atom is 0.306 e. The molecule has 4 heteroatoms. The van der Waals surface area contributed by atoms with E-state index in [0.717, 1.165) is 18.4 Å².